The number of nitrogens with zero attached hydrogens (tertiary/aromatic N) is 1. The Balaban J connectivity index is 2.40. The Bertz CT molecular complexity index is 627. The van der Waals surface area contributed by atoms with Crippen molar-refractivity contribution >= 4 is 23.0 Å². The lowest BCUT2D eigenvalue weighted by Gasteiger charge is -2.11. The van der Waals surface area contributed by atoms with Crippen LogP contribution in [0.2, 0.25) is 5.02 Å². The molecule has 0 unspecified atom stereocenters. The van der Waals surface area contributed by atoms with Gasteiger partial charge in [-0.05, 0) is 43.7 Å². The van der Waals surface area contributed by atoms with Crippen LogP contribution in [0.1, 0.15) is 16.7 Å². The monoisotopic (exact) mass is 256 g/mol. The molecule has 0 radical (unpaired) electrons. The molecule has 2 nitrogen and oxygen atoms in total. The van der Waals surface area contributed by atoms with Gasteiger partial charge in [0.25, 0.3) is 0 Å². The van der Waals surface area contributed by atoms with Gasteiger partial charge in [0.2, 0.25) is 0 Å². The SMILES string of the molecule is Cc1ccc(Nc2cc(Cl)ccc2C#N)c(C)c1. The predicted octanol–water partition coefficient (Wildman–Crippen LogP) is 4.57. The first-order valence-corrected chi connectivity index (χ1v) is 6.02. The molecule has 1 N–H and O–H groups in total. The predicted molar refractivity (Wildman–Crippen MR) is 75.4 cm³/mol. The van der Waals surface area contributed by atoms with Gasteiger partial charge in [0.15, 0.2) is 0 Å². The van der Waals surface area contributed by atoms with Crippen molar-refractivity contribution in [1.82, 2.24) is 0 Å². The molecule has 0 aliphatic carbocycles. The summed E-state index contributed by atoms with van der Waals surface area (Å²) in [7, 11) is 0. The molecular weight excluding hydrogens is 244 g/mol. The van der Waals surface area contributed by atoms with Crippen molar-refractivity contribution in [3.05, 3.63) is 58.1 Å². The van der Waals surface area contributed by atoms with Crippen molar-refractivity contribution in [3.8, 4) is 6.07 Å². The molecule has 2 aromatic rings. The normalized spacial score (nSPS) is 9.89. The van der Waals surface area contributed by atoms with Crippen LogP contribution in [-0.4, -0.2) is 0 Å². The highest BCUT2D eigenvalue weighted by molar-refractivity contribution is 6.30. The van der Waals surface area contributed by atoms with Gasteiger partial charge in [0.05, 0.1) is 11.3 Å². The highest BCUT2D eigenvalue weighted by Crippen LogP contribution is 2.26. The Labute approximate surface area is 112 Å². The summed E-state index contributed by atoms with van der Waals surface area (Å²) in [6.07, 6.45) is 0. The van der Waals surface area contributed by atoms with E-state index in [2.05, 4.69) is 24.4 Å². The summed E-state index contributed by atoms with van der Waals surface area (Å²) in [4.78, 5) is 0. The van der Waals surface area contributed by atoms with E-state index in [9.17, 15) is 0 Å². The summed E-state index contributed by atoms with van der Waals surface area (Å²) in [6, 6.07) is 13.5. The third kappa shape index (κ3) is 2.64. The molecule has 3 heteroatoms. The molecule has 0 amide bonds. The number of halogens is 1. The standard InChI is InChI=1S/C15H13ClN2/c1-10-3-6-14(11(2)7-10)18-15-8-13(16)5-4-12(15)9-17/h3-8,18H,1-2H3. The van der Waals surface area contributed by atoms with Gasteiger partial charge in [0.1, 0.15) is 6.07 Å². The fraction of sp³-hybridized carbons (Fsp3) is 0.133. The molecule has 0 heterocycles. The van der Waals surface area contributed by atoms with Gasteiger partial charge in [-0.3, -0.25) is 0 Å². The maximum absolute atomic E-state index is 9.07. The molecule has 0 spiro atoms. The number of rotatable bonds is 2. The van der Waals surface area contributed by atoms with Crippen molar-refractivity contribution < 1.29 is 0 Å². The van der Waals surface area contributed by atoms with Gasteiger partial charge < -0.3 is 5.32 Å². The van der Waals surface area contributed by atoms with Crippen LogP contribution >= 0.6 is 11.6 Å². The summed E-state index contributed by atoms with van der Waals surface area (Å²) in [5, 5.41) is 12.9. The van der Waals surface area contributed by atoms with Crippen LogP contribution in [0.3, 0.4) is 0 Å². The summed E-state index contributed by atoms with van der Waals surface area (Å²) in [5.41, 5.74) is 4.65. The second-order valence-corrected chi connectivity index (χ2v) is 4.68. The number of hydrogen-bond acceptors (Lipinski definition) is 2. The first kappa shape index (κ1) is 12.5. The molecule has 0 saturated carbocycles. The van der Waals surface area contributed by atoms with E-state index >= 15 is 0 Å². The van der Waals surface area contributed by atoms with Crippen LogP contribution < -0.4 is 5.32 Å². The number of nitrogens with one attached hydrogen (secondary N) is 1. The minimum absolute atomic E-state index is 0.583. The molecule has 90 valence electrons. The zero-order valence-corrected chi connectivity index (χ0v) is 11.0. The first-order chi connectivity index (χ1) is 8.60. The number of aryl methyl sites for hydroxylation is 2. The van der Waals surface area contributed by atoms with Crippen LogP contribution in [0.5, 0.6) is 0 Å². The van der Waals surface area contributed by atoms with Crippen molar-refractivity contribution in [2.24, 2.45) is 0 Å². The second-order valence-electron chi connectivity index (χ2n) is 4.25. The molecule has 0 saturated heterocycles. The highest BCUT2D eigenvalue weighted by Gasteiger charge is 2.05. The van der Waals surface area contributed by atoms with Gasteiger partial charge in [0, 0.05) is 10.7 Å². The zero-order chi connectivity index (χ0) is 13.1. The zero-order valence-electron chi connectivity index (χ0n) is 10.3. The quantitative estimate of drug-likeness (QED) is 0.854. The van der Waals surface area contributed by atoms with E-state index in [1.807, 2.05) is 19.1 Å². The lowest BCUT2D eigenvalue weighted by Crippen LogP contribution is -1.96. The molecule has 0 aliphatic heterocycles. The van der Waals surface area contributed by atoms with E-state index < -0.39 is 0 Å². The first-order valence-electron chi connectivity index (χ1n) is 5.64. The van der Waals surface area contributed by atoms with Crippen molar-refractivity contribution in [2.45, 2.75) is 13.8 Å². The molecular formula is C15H13ClN2. The number of nitriles is 1. The van der Waals surface area contributed by atoms with E-state index in [4.69, 9.17) is 16.9 Å². The third-order valence-electron chi connectivity index (χ3n) is 2.75. The number of anilines is 2. The van der Waals surface area contributed by atoms with Crippen LogP contribution in [-0.2, 0) is 0 Å². The summed E-state index contributed by atoms with van der Waals surface area (Å²) < 4.78 is 0. The lowest BCUT2D eigenvalue weighted by atomic mass is 10.1. The van der Waals surface area contributed by atoms with Crippen LogP contribution in [0, 0.1) is 25.2 Å². The summed E-state index contributed by atoms with van der Waals surface area (Å²) in [6.45, 7) is 4.09. The Morgan fingerprint density at radius 3 is 2.50 bits per heavy atom. The molecule has 18 heavy (non-hydrogen) atoms. The van der Waals surface area contributed by atoms with E-state index in [1.54, 1.807) is 18.2 Å². The fourth-order valence-electron chi connectivity index (χ4n) is 1.82. The van der Waals surface area contributed by atoms with Crippen LogP contribution in [0.15, 0.2) is 36.4 Å². The van der Waals surface area contributed by atoms with Gasteiger partial charge in [-0.15, -0.1) is 0 Å². The highest BCUT2D eigenvalue weighted by atomic mass is 35.5. The second kappa shape index (κ2) is 5.12. The lowest BCUT2D eigenvalue weighted by molar-refractivity contribution is 1.36. The maximum Gasteiger partial charge on any atom is 0.101 e. The maximum atomic E-state index is 9.07. The van der Waals surface area contributed by atoms with Crippen molar-refractivity contribution in [1.29, 1.82) is 5.26 Å². The Morgan fingerprint density at radius 2 is 1.83 bits per heavy atom. The third-order valence-corrected chi connectivity index (χ3v) is 2.99. The minimum atomic E-state index is 0.583. The average Bonchev–Trinajstić information content (AvgIpc) is 2.33. The molecule has 0 bridgehead atoms. The van der Waals surface area contributed by atoms with Crippen LogP contribution in [0.25, 0.3) is 0 Å². The van der Waals surface area contributed by atoms with E-state index in [-0.39, 0.29) is 0 Å². The molecule has 0 aromatic heterocycles. The molecule has 0 atom stereocenters. The number of hydrogen-bond donors (Lipinski definition) is 1. The topological polar surface area (TPSA) is 35.8 Å². The Hall–Kier alpha value is -1.98. The molecule has 2 aromatic carbocycles. The Morgan fingerprint density at radius 1 is 1.06 bits per heavy atom. The fourth-order valence-corrected chi connectivity index (χ4v) is 1.99. The molecule has 2 rings (SSSR count). The summed E-state index contributed by atoms with van der Waals surface area (Å²) >= 11 is 5.96. The Kier molecular flexibility index (Phi) is 3.55. The van der Waals surface area contributed by atoms with Crippen molar-refractivity contribution in [2.75, 3.05) is 5.32 Å². The van der Waals surface area contributed by atoms with E-state index in [0.29, 0.717) is 10.6 Å². The van der Waals surface area contributed by atoms with Gasteiger partial charge in [-0.1, -0.05) is 29.3 Å². The molecule has 0 aliphatic rings. The number of benzene rings is 2. The molecule has 0 fully saturated rings. The van der Waals surface area contributed by atoms with E-state index in [1.165, 1.54) is 5.56 Å². The van der Waals surface area contributed by atoms with Gasteiger partial charge >= 0.3 is 0 Å². The largest absolute Gasteiger partial charge is 0.354 e. The van der Waals surface area contributed by atoms with Crippen LogP contribution in [0.4, 0.5) is 11.4 Å². The van der Waals surface area contributed by atoms with E-state index in [0.717, 1.165) is 16.9 Å². The van der Waals surface area contributed by atoms with Gasteiger partial charge in [-0.25, -0.2) is 0 Å². The van der Waals surface area contributed by atoms with Gasteiger partial charge in [-0.2, -0.15) is 5.26 Å². The summed E-state index contributed by atoms with van der Waals surface area (Å²) in [5.74, 6) is 0. The van der Waals surface area contributed by atoms with Crippen molar-refractivity contribution in [3.63, 3.8) is 0 Å². The minimum Gasteiger partial charge on any atom is -0.354 e. The smallest absolute Gasteiger partial charge is 0.101 e. The average molecular weight is 257 g/mol.